The van der Waals surface area contributed by atoms with Crippen LogP contribution >= 0.6 is 11.6 Å². The van der Waals surface area contributed by atoms with Crippen molar-refractivity contribution in [2.45, 2.75) is 19.8 Å². The Balaban J connectivity index is 2.24. The summed E-state index contributed by atoms with van der Waals surface area (Å²) in [6, 6.07) is 9.15. The van der Waals surface area contributed by atoms with Crippen LogP contribution in [0.15, 0.2) is 47.1 Å². The maximum atomic E-state index is 12.6. The Bertz CT molecular complexity index is 1070. The van der Waals surface area contributed by atoms with Crippen LogP contribution in [-0.4, -0.2) is 24.7 Å². The lowest BCUT2D eigenvalue weighted by Gasteiger charge is -2.27. The van der Waals surface area contributed by atoms with Gasteiger partial charge in [-0.1, -0.05) is 11.6 Å². The Hall–Kier alpha value is -3.24. The van der Waals surface area contributed by atoms with Crippen molar-refractivity contribution < 1.29 is 19.0 Å². The number of nitrogens with two attached hydrogens (primary N) is 1. The molecule has 2 N–H and O–H groups in total. The predicted molar refractivity (Wildman–Crippen MR) is 103 cm³/mol. The molecule has 7 nitrogen and oxygen atoms in total. The van der Waals surface area contributed by atoms with Gasteiger partial charge in [0, 0.05) is 17.0 Å². The molecule has 2 heterocycles. The summed E-state index contributed by atoms with van der Waals surface area (Å²) in [5.41, 5.74) is 7.24. The Kier molecular flexibility index (Phi) is 5.43. The first kappa shape index (κ1) is 19.5. The van der Waals surface area contributed by atoms with Gasteiger partial charge in [0.05, 0.1) is 30.7 Å². The number of rotatable bonds is 4. The first-order valence-corrected chi connectivity index (χ1v) is 8.88. The van der Waals surface area contributed by atoms with Crippen molar-refractivity contribution in [1.29, 1.82) is 5.26 Å². The van der Waals surface area contributed by atoms with Crippen molar-refractivity contribution in [3.8, 4) is 11.8 Å². The van der Waals surface area contributed by atoms with E-state index in [0.29, 0.717) is 16.8 Å². The van der Waals surface area contributed by atoms with E-state index < -0.39 is 11.9 Å². The van der Waals surface area contributed by atoms with Crippen LogP contribution in [-0.2, 0) is 14.3 Å². The lowest BCUT2D eigenvalue weighted by Crippen LogP contribution is -2.25. The Labute approximate surface area is 166 Å². The average Bonchev–Trinajstić information content (AvgIpc) is 2.66. The van der Waals surface area contributed by atoms with E-state index in [9.17, 15) is 10.1 Å². The van der Waals surface area contributed by atoms with E-state index in [1.807, 2.05) is 12.1 Å². The molecule has 0 unspecified atom stereocenters. The van der Waals surface area contributed by atoms with Crippen LogP contribution in [0.1, 0.15) is 25.3 Å². The second kappa shape index (κ2) is 7.79. The number of methoxy groups -OCH3 is 1. The minimum Gasteiger partial charge on any atom is -0.497 e. The zero-order valence-corrected chi connectivity index (χ0v) is 16.3. The first-order chi connectivity index (χ1) is 13.4. The SMILES string of the molecule is CCOC(=O)C1=C(C)OC(N)=C(C#N)[C@H]1c1cc2ccc(OC)cc2nc1Cl. The summed E-state index contributed by atoms with van der Waals surface area (Å²) in [4.78, 5) is 17.0. The van der Waals surface area contributed by atoms with Gasteiger partial charge in [0.15, 0.2) is 0 Å². The molecule has 3 rings (SSSR count). The molecule has 0 spiro atoms. The van der Waals surface area contributed by atoms with Crippen LogP contribution in [0.2, 0.25) is 5.15 Å². The number of esters is 1. The van der Waals surface area contributed by atoms with E-state index in [0.717, 1.165) is 5.39 Å². The van der Waals surface area contributed by atoms with Gasteiger partial charge in [-0.2, -0.15) is 5.26 Å². The van der Waals surface area contributed by atoms with Crippen molar-refractivity contribution in [1.82, 2.24) is 4.98 Å². The Morgan fingerprint density at radius 1 is 1.43 bits per heavy atom. The molecule has 0 fully saturated rings. The minimum atomic E-state index is -0.843. The number of carbonyl (C=O) groups excluding carboxylic acids is 1. The first-order valence-electron chi connectivity index (χ1n) is 8.50. The van der Waals surface area contributed by atoms with Crippen LogP contribution in [0, 0.1) is 11.3 Å². The summed E-state index contributed by atoms with van der Waals surface area (Å²) < 4.78 is 15.8. The highest BCUT2D eigenvalue weighted by atomic mass is 35.5. The van der Waals surface area contributed by atoms with E-state index in [-0.39, 0.29) is 34.5 Å². The van der Waals surface area contributed by atoms with Gasteiger partial charge in [-0.25, -0.2) is 9.78 Å². The smallest absolute Gasteiger partial charge is 0.338 e. The molecular formula is C20H18ClN3O4. The molecule has 1 aromatic carbocycles. The number of carbonyl (C=O) groups is 1. The largest absolute Gasteiger partial charge is 0.497 e. The van der Waals surface area contributed by atoms with Crippen molar-refractivity contribution in [2.75, 3.05) is 13.7 Å². The summed E-state index contributed by atoms with van der Waals surface area (Å²) in [6.45, 7) is 3.46. The normalized spacial score (nSPS) is 16.6. The molecule has 0 saturated carbocycles. The highest BCUT2D eigenvalue weighted by Gasteiger charge is 2.37. The highest BCUT2D eigenvalue weighted by Crippen LogP contribution is 2.42. The maximum absolute atomic E-state index is 12.6. The van der Waals surface area contributed by atoms with Gasteiger partial charge in [0.2, 0.25) is 5.88 Å². The lowest BCUT2D eigenvalue weighted by molar-refractivity contribution is -0.139. The number of nitriles is 1. The van der Waals surface area contributed by atoms with Gasteiger partial charge >= 0.3 is 5.97 Å². The van der Waals surface area contributed by atoms with Gasteiger partial charge < -0.3 is 19.9 Å². The second-order valence-corrected chi connectivity index (χ2v) is 6.40. The molecule has 8 heteroatoms. The predicted octanol–water partition coefficient (Wildman–Crippen LogP) is 3.54. The summed E-state index contributed by atoms with van der Waals surface area (Å²) in [5, 5.41) is 10.6. The molecule has 0 radical (unpaired) electrons. The van der Waals surface area contributed by atoms with Gasteiger partial charge in [-0.3, -0.25) is 0 Å². The monoisotopic (exact) mass is 399 g/mol. The van der Waals surface area contributed by atoms with E-state index >= 15 is 0 Å². The van der Waals surface area contributed by atoms with Gasteiger partial charge in [0.1, 0.15) is 28.3 Å². The maximum Gasteiger partial charge on any atom is 0.338 e. The molecule has 144 valence electrons. The Morgan fingerprint density at radius 2 is 2.18 bits per heavy atom. The van der Waals surface area contributed by atoms with Crippen LogP contribution in [0.5, 0.6) is 5.75 Å². The number of allylic oxidation sites excluding steroid dienone is 2. The van der Waals surface area contributed by atoms with Crippen LogP contribution in [0.4, 0.5) is 0 Å². The van der Waals surface area contributed by atoms with Crippen molar-refractivity contribution >= 4 is 28.5 Å². The molecule has 0 saturated heterocycles. The summed E-state index contributed by atoms with van der Waals surface area (Å²) in [6.07, 6.45) is 0. The van der Waals surface area contributed by atoms with Gasteiger partial charge in [-0.15, -0.1) is 0 Å². The van der Waals surface area contributed by atoms with E-state index in [1.54, 1.807) is 39.2 Å². The molecule has 0 aliphatic carbocycles. The van der Waals surface area contributed by atoms with Crippen LogP contribution in [0.3, 0.4) is 0 Å². The standard InChI is InChI=1S/C20H18ClN3O4/c1-4-27-20(25)16-10(2)28-19(23)14(9-22)17(16)13-7-11-5-6-12(26-3)8-15(11)24-18(13)21/h5-8,17H,4,23H2,1-3H3/t17-/m1/s1. The van der Waals surface area contributed by atoms with Gasteiger partial charge in [-0.05, 0) is 32.0 Å². The molecule has 1 atom stereocenters. The van der Waals surface area contributed by atoms with Crippen LogP contribution < -0.4 is 10.5 Å². The molecule has 1 aliphatic heterocycles. The third-order valence-electron chi connectivity index (χ3n) is 4.42. The minimum absolute atomic E-state index is 0.0743. The quantitative estimate of drug-likeness (QED) is 0.618. The second-order valence-electron chi connectivity index (χ2n) is 6.04. The topological polar surface area (TPSA) is 107 Å². The molecule has 2 aromatic rings. The molecule has 1 aliphatic rings. The molecule has 28 heavy (non-hydrogen) atoms. The number of ether oxygens (including phenoxy) is 3. The summed E-state index contributed by atoms with van der Waals surface area (Å²) in [7, 11) is 1.56. The number of benzene rings is 1. The fourth-order valence-corrected chi connectivity index (χ4v) is 3.39. The van der Waals surface area contributed by atoms with E-state index in [2.05, 4.69) is 4.98 Å². The zero-order valence-electron chi connectivity index (χ0n) is 15.6. The fourth-order valence-electron chi connectivity index (χ4n) is 3.13. The third kappa shape index (κ3) is 3.35. The number of nitrogens with zero attached hydrogens (tertiary/aromatic N) is 2. The number of hydrogen-bond donors (Lipinski definition) is 1. The number of pyridine rings is 1. The average molecular weight is 400 g/mol. The molecule has 0 amide bonds. The molecular weight excluding hydrogens is 382 g/mol. The molecule has 0 bridgehead atoms. The molecule has 1 aromatic heterocycles. The fraction of sp³-hybridized carbons (Fsp3) is 0.250. The van der Waals surface area contributed by atoms with Gasteiger partial charge in [0.25, 0.3) is 0 Å². The zero-order chi connectivity index (χ0) is 20.4. The number of hydrogen-bond acceptors (Lipinski definition) is 7. The van der Waals surface area contributed by atoms with E-state index in [1.165, 1.54) is 0 Å². The van der Waals surface area contributed by atoms with Crippen LogP contribution in [0.25, 0.3) is 10.9 Å². The van der Waals surface area contributed by atoms with Crippen molar-refractivity contribution in [3.05, 3.63) is 57.8 Å². The van der Waals surface area contributed by atoms with Crippen molar-refractivity contribution in [3.63, 3.8) is 0 Å². The summed E-state index contributed by atoms with van der Waals surface area (Å²) >= 11 is 6.46. The number of aromatic nitrogens is 1. The Morgan fingerprint density at radius 3 is 2.82 bits per heavy atom. The number of fused-ring (bicyclic) bond motifs is 1. The lowest BCUT2D eigenvalue weighted by atomic mass is 9.83. The summed E-state index contributed by atoms with van der Waals surface area (Å²) in [5.74, 6) is -0.630. The third-order valence-corrected chi connectivity index (χ3v) is 4.72. The van der Waals surface area contributed by atoms with E-state index in [4.69, 9.17) is 31.5 Å². The highest BCUT2D eigenvalue weighted by molar-refractivity contribution is 6.30. The van der Waals surface area contributed by atoms with Crippen molar-refractivity contribution in [2.24, 2.45) is 5.73 Å². The number of halogens is 1.